The Kier molecular flexibility index (Phi) is 4.91. The van der Waals surface area contributed by atoms with Crippen LogP contribution in [0.1, 0.15) is 32.8 Å². The van der Waals surface area contributed by atoms with Crippen LogP contribution in [0.4, 0.5) is 5.69 Å². The largest absolute Gasteiger partial charge is 0.330 e. The molecule has 0 aromatic heterocycles. The number of nitrogens with two attached hydrogens (primary N) is 1. The summed E-state index contributed by atoms with van der Waals surface area (Å²) in [6.07, 6.45) is 1.99. The quantitative estimate of drug-likeness (QED) is 0.890. The number of rotatable bonds is 4. The van der Waals surface area contributed by atoms with Gasteiger partial charge in [0, 0.05) is 18.2 Å². The molecule has 3 nitrogen and oxygen atoms in total. The smallest absolute Gasteiger partial charge is 0.232 e. The highest BCUT2D eigenvalue weighted by Crippen LogP contribution is 2.22. The zero-order chi connectivity index (χ0) is 13.8. The van der Waals surface area contributed by atoms with E-state index in [-0.39, 0.29) is 11.3 Å². The first-order valence-corrected chi connectivity index (χ1v) is 6.43. The first-order valence-electron chi connectivity index (χ1n) is 6.43. The topological polar surface area (TPSA) is 46.3 Å². The van der Waals surface area contributed by atoms with Gasteiger partial charge in [0.25, 0.3) is 0 Å². The van der Waals surface area contributed by atoms with Crippen molar-refractivity contribution in [2.75, 3.05) is 18.5 Å². The van der Waals surface area contributed by atoms with Crippen LogP contribution in [0.2, 0.25) is 0 Å². The minimum absolute atomic E-state index is 0.122. The molecule has 0 heterocycles. The molecule has 0 saturated heterocycles. The Labute approximate surface area is 110 Å². The number of amides is 1. The Morgan fingerprint density at radius 3 is 2.22 bits per heavy atom. The zero-order valence-electron chi connectivity index (χ0n) is 11.9. The first-order chi connectivity index (χ1) is 8.36. The molecule has 3 heteroatoms. The van der Waals surface area contributed by atoms with Gasteiger partial charge in [-0.25, -0.2) is 0 Å². The van der Waals surface area contributed by atoms with Crippen LogP contribution in [0.3, 0.4) is 0 Å². The van der Waals surface area contributed by atoms with E-state index >= 15 is 0 Å². The van der Waals surface area contributed by atoms with Crippen molar-refractivity contribution < 1.29 is 4.79 Å². The van der Waals surface area contributed by atoms with E-state index in [0.29, 0.717) is 6.54 Å². The summed E-state index contributed by atoms with van der Waals surface area (Å²) in [5.74, 6) is 0.122. The van der Waals surface area contributed by atoms with Crippen molar-refractivity contribution in [2.45, 2.75) is 33.6 Å². The van der Waals surface area contributed by atoms with Gasteiger partial charge in [0.1, 0.15) is 0 Å². The van der Waals surface area contributed by atoms with Gasteiger partial charge >= 0.3 is 0 Å². The number of carbonyl (C=O) groups is 1. The molecule has 0 aliphatic rings. The molecule has 0 aliphatic heterocycles. The van der Waals surface area contributed by atoms with Gasteiger partial charge in [0.2, 0.25) is 5.91 Å². The van der Waals surface area contributed by atoms with Gasteiger partial charge in [-0.05, 0) is 37.1 Å². The molecule has 0 spiro atoms. The van der Waals surface area contributed by atoms with Crippen molar-refractivity contribution in [1.82, 2.24) is 0 Å². The second-order valence-corrected chi connectivity index (χ2v) is 5.67. The number of hydrogen-bond donors (Lipinski definition) is 1. The van der Waals surface area contributed by atoms with Crippen molar-refractivity contribution in [1.29, 1.82) is 0 Å². The van der Waals surface area contributed by atoms with E-state index in [0.717, 1.165) is 18.5 Å². The minimum Gasteiger partial charge on any atom is -0.330 e. The minimum atomic E-state index is -0.354. The number of anilines is 1. The Bertz CT molecular complexity index is 390. The van der Waals surface area contributed by atoms with Gasteiger partial charge in [-0.2, -0.15) is 0 Å². The van der Waals surface area contributed by atoms with Gasteiger partial charge in [0.05, 0.1) is 0 Å². The predicted octanol–water partition coefficient (Wildman–Crippen LogP) is 2.59. The summed E-state index contributed by atoms with van der Waals surface area (Å²) in [7, 11) is 1.82. The zero-order valence-corrected chi connectivity index (χ0v) is 11.9. The summed E-state index contributed by atoms with van der Waals surface area (Å²) in [6.45, 7) is 6.51. The molecule has 0 bridgehead atoms. The molecule has 1 aromatic carbocycles. The highest BCUT2D eigenvalue weighted by atomic mass is 16.2. The van der Waals surface area contributed by atoms with E-state index in [1.165, 1.54) is 5.56 Å². The van der Waals surface area contributed by atoms with Crippen molar-refractivity contribution >= 4 is 11.6 Å². The molecule has 0 radical (unpaired) electrons. The van der Waals surface area contributed by atoms with Gasteiger partial charge < -0.3 is 10.6 Å². The van der Waals surface area contributed by atoms with Crippen LogP contribution in [0.15, 0.2) is 24.3 Å². The molecule has 0 unspecified atom stereocenters. The Balaban J connectivity index is 2.76. The van der Waals surface area contributed by atoms with Crippen molar-refractivity contribution in [3.05, 3.63) is 29.8 Å². The van der Waals surface area contributed by atoms with Crippen LogP contribution < -0.4 is 10.6 Å². The van der Waals surface area contributed by atoms with Crippen molar-refractivity contribution in [2.24, 2.45) is 11.1 Å². The SMILES string of the molecule is CN(C(=O)C(C)(C)C)c1ccc(CCCN)cc1. The molecule has 0 fully saturated rings. The average molecular weight is 248 g/mol. The fraction of sp³-hybridized carbons (Fsp3) is 0.533. The van der Waals surface area contributed by atoms with Gasteiger partial charge in [-0.1, -0.05) is 32.9 Å². The van der Waals surface area contributed by atoms with Crippen LogP contribution >= 0.6 is 0 Å². The lowest BCUT2D eigenvalue weighted by Crippen LogP contribution is -2.36. The molecular weight excluding hydrogens is 224 g/mol. The standard InChI is InChI=1S/C15H24N2O/c1-15(2,3)14(18)17(4)13-9-7-12(8-10-13)6-5-11-16/h7-10H,5-6,11,16H2,1-4H3. The maximum atomic E-state index is 12.1. The summed E-state index contributed by atoms with van der Waals surface area (Å²) in [5.41, 5.74) is 7.34. The van der Waals surface area contributed by atoms with E-state index in [4.69, 9.17) is 5.73 Å². The molecule has 0 saturated carbocycles. The molecule has 0 aliphatic carbocycles. The van der Waals surface area contributed by atoms with Crippen LogP contribution in [-0.2, 0) is 11.2 Å². The summed E-state index contributed by atoms with van der Waals surface area (Å²) >= 11 is 0. The Morgan fingerprint density at radius 2 is 1.78 bits per heavy atom. The van der Waals surface area contributed by atoms with E-state index in [1.54, 1.807) is 4.90 Å². The van der Waals surface area contributed by atoms with Gasteiger partial charge in [-0.15, -0.1) is 0 Å². The molecule has 1 amide bonds. The number of hydrogen-bond acceptors (Lipinski definition) is 2. The van der Waals surface area contributed by atoms with Crippen LogP contribution in [0.25, 0.3) is 0 Å². The second-order valence-electron chi connectivity index (χ2n) is 5.67. The molecule has 1 rings (SSSR count). The van der Waals surface area contributed by atoms with Gasteiger partial charge in [-0.3, -0.25) is 4.79 Å². The summed E-state index contributed by atoms with van der Waals surface area (Å²) in [6, 6.07) is 8.12. The molecule has 0 atom stereocenters. The maximum absolute atomic E-state index is 12.1. The predicted molar refractivity (Wildman–Crippen MR) is 76.7 cm³/mol. The van der Waals surface area contributed by atoms with Crippen molar-refractivity contribution in [3.63, 3.8) is 0 Å². The lowest BCUT2D eigenvalue weighted by molar-refractivity contribution is -0.125. The third-order valence-electron chi connectivity index (χ3n) is 2.94. The normalized spacial score (nSPS) is 11.4. The number of benzene rings is 1. The lowest BCUT2D eigenvalue weighted by atomic mass is 9.94. The summed E-state index contributed by atoms with van der Waals surface area (Å²) in [4.78, 5) is 13.8. The second kappa shape index (κ2) is 6.01. The van der Waals surface area contributed by atoms with Crippen LogP contribution in [-0.4, -0.2) is 19.5 Å². The van der Waals surface area contributed by atoms with E-state index in [9.17, 15) is 4.79 Å². The Morgan fingerprint density at radius 1 is 1.22 bits per heavy atom. The average Bonchev–Trinajstić information content (AvgIpc) is 2.34. The van der Waals surface area contributed by atoms with Gasteiger partial charge in [0.15, 0.2) is 0 Å². The monoisotopic (exact) mass is 248 g/mol. The highest BCUT2D eigenvalue weighted by Gasteiger charge is 2.25. The number of aryl methyl sites for hydroxylation is 1. The molecule has 1 aromatic rings. The Hall–Kier alpha value is -1.35. The fourth-order valence-electron chi connectivity index (χ4n) is 1.81. The maximum Gasteiger partial charge on any atom is 0.232 e. The first kappa shape index (κ1) is 14.7. The van der Waals surface area contributed by atoms with Crippen molar-refractivity contribution in [3.8, 4) is 0 Å². The number of carbonyl (C=O) groups excluding carboxylic acids is 1. The van der Waals surface area contributed by atoms with E-state index < -0.39 is 0 Å². The number of nitrogens with zero attached hydrogens (tertiary/aromatic N) is 1. The molecule has 2 N–H and O–H groups in total. The summed E-state index contributed by atoms with van der Waals surface area (Å²) < 4.78 is 0. The third kappa shape index (κ3) is 3.84. The van der Waals surface area contributed by atoms with Crippen LogP contribution in [0, 0.1) is 5.41 Å². The van der Waals surface area contributed by atoms with Crippen LogP contribution in [0.5, 0.6) is 0 Å². The van der Waals surface area contributed by atoms with E-state index in [2.05, 4.69) is 12.1 Å². The molecular formula is C15H24N2O. The lowest BCUT2D eigenvalue weighted by Gasteiger charge is -2.26. The fourth-order valence-corrected chi connectivity index (χ4v) is 1.81. The summed E-state index contributed by atoms with van der Waals surface area (Å²) in [5, 5.41) is 0. The third-order valence-corrected chi connectivity index (χ3v) is 2.94. The molecule has 100 valence electrons. The highest BCUT2D eigenvalue weighted by molar-refractivity contribution is 5.96. The molecule has 18 heavy (non-hydrogen) atoms. The van der Waals surface area contributed by atoms with E-state index in [1.807, 2.05) is 40.0 Å².